The molecule has 0 saturated heterocycles. The van der Waals surface area contributed by atoms with Crippen LogP contribution in [0.3, 0.4) is 0 Å². The van der Waals surface area contributed by atoms with Gasteiger partial charge < -0.3 is 5.32 Å². The molecule has 0 fully saturated rings. The summed E-state index contributed by atoms with van der Waals surface area (Å²) < 4.78 is 27.7. The first-order valence-corrected chi connectivity index (χ1v) is 8.35. The lowest BCUT2D eigenvalue weighted by molar-refractivity contribution is 0.574. The van der Waals surface area contributed by atoms with Crippen molar-refractivity contribution in [2.75, 3.05) is 25.4 Å². The Kier molecular flexibility index (Phi) is 7.04. The monoisotopic (exact) mass is 288 g/mol. The van der Waals surface area contributed by atoms with Crippen LogP contribution in [0.4, 0.5) is 0 Å². The molecular formula is C12H24N4O2S. The Morgan fingerprint density at radius 2 is 2.11 bits per heavy atom. The molecule has 0 unspecified atom stereocenters. The van der Waals surface area contributed by atoms with Gasteiger partial charge in [-0.25, -0.2) is 13.1 Å². The van der Waals surface area contributed by atoms with E-state index in [1.807, 2.05) is 19.3 Å². The van der Waals surface area contributed by atoms with Gasteiger partial charge in [-0.05, 0) is 32.0 Å². The number of hydrogen-bond acceptors (Lipinski definition) is 4. The molecule has 6 nitrogen and oxygen atoms in total. The fourth-order valence-electron chi connectivity index (χ4n) is 1.69. The zero-order valence-electron chi connectivity index (χ0n) is 11.7. The second-order valence-electron chi connectivity index (χ2n) is 4.55. The summed E-state index contributed by atoms with van der Waals surface area (Å²) in [6.07, 6.45) is 4.17. The summed E-state index contributed by atoms with van der Waals surface area (Å²) in [6.45, 7) is 4.17. The summed E-state index contributed by atoms with van der Waals surface area (Å²) in [5.41, 5.74) is 0.898. The summed E-state index contributed by atoms with van der Waals surface area (Å²) in [6, 6.07) is 1.89. The topological polar surface area (TPSA) is 76.0 Å². The molecule has 7 heteroatoms. The van der Waals surface area contributed by atoms with Crippen LogP contribution in [0.1, 0.15) is 25.5 Å². The molecule has 0 radical (unpaired) electrons. The standard InChI is InChI=1S/C12H24N4O2S/c1-3-7-13-8-4-11-19(17,18)14-9-5-12-6-10-16(2)15-12/h6,10,13-14H,3-5,7-9,11H2,1-2H3. The van der Waals surface area contributed by atoms with Crippen molar-refractivity contribution in [3.05, 3.63) is 18.0 Å². The van der Waals surface area contributed by atoms with Gasteiger partial charge in [0.15, 0.2) is 0 Å². The number of rotatable bonds is 10. The highest BCUT2D eigenvalue weighted by Gasteiger charge is 2.09. The molecule has 1 heterocycles. The van der Waals surface area contributed by atoms with E-state index in [0.29, 0.717) is 19.4 Å². The third-order valence-electron chi connectivity index (χ3n) is 2.67. The molecule has 0 saturated carbocycles. The van der Waals surface area contributed by atoms with Gasteiger partial charge in [0.2, 0.25) is 10.0 Å². The minimum Gasteiger partial charge on any atom is -0.317 e. The molecule has 2 N–H and O–H groups in total. The molecule has 0 aliphatic rings. The average Bonchev–Trinajstić information content (AvgIpc) is 2.74. The van der Waals surface area contributed by atoms with Crippen molar-refractivity contribution in [3.8, 4) is 0 Å². The molecule has 110 valence electrons. The molecule has 0 bridgehead atoms. The van der Waals surface area contributed by atoms with E-state index in [0.717, 1.165) is 25.2 Å². The van der Waals surface area contributed by atoms with Crippen molar-refractivity contribution in [2.45, 2.75) is 26.2 Å². The van der Waals surface area contributed by atoms with Crippen molar-refractivity contribution in [3.63, 3.8) is 0 Å². The quantitative estimate of drug-likeness (QED) is 0.606. The van der Waals surface area contributed by atoms with Gasteiger partial charge in [0.1, 0.15) is 0 Å². The maximum absolute atomic E-state index is 11.7. The van der Waals surface area contributed by atoms with Gasteiger partial charge in [0.25, 0.3) is 0 Å². The molecule has 0 aliphatic heterocycles. The minimum absolute atomic E-state index is 0.173. The van der Waals surface area contributed by atoms with Crippen LogP contribution in [-0.2, 0) is 23.5 Å². The molecular weight excluding hydrogens is 264 g/mol. The Hall–Kier alpha value is -0.920. The first-order chi connectivity index (χ1) is 9.03. The van der Waals surface area contributed by atoms with Gasteiger partial charge in [-0.3, -0.25) is 4.68 Å². The van der Waals surface area contributed by atoms with Crippen LogP contribution in [0, 0.1) is 0 Å². The summed E-state index contributed by atoms with van der Waals surface area (Å²) in [5, 5.41) is 7.39. The van der Waals surface area contributed by atoms with Crippen molar-refractivity contribution < 1.29 is 8.42 Å². The van der Waals surface area contributed by atoms with E-state index < -0.39 is 10.0 Å². The van der Waals surface area contributed by atoms with Gasteiger partial charge in [0.05, 0.1) is 11.4 Å². The van der Waals surface area contributed by atoms with Crippen molar-refractivity contribution in [1.29, 1.82) is 0 Å². The van der Waals surface area contributed by atoms with Crippen LogP contribution in [0.5, 0.6) is 0 Å². The predicted molar refractivity (Wildman–Crippen MR) is 76.5 cm³/mol. The van der Waals surface area contributed by atoms with E-state index in [2.05, 4.69) is 22.1 Å². The van der Waals surface area contributed by atoms with E-state index in [-0.39, 0.29) is 5.75 Å². The molecule has 0 aromatic carbocycles. The second kappa shape index (κ2) is 8.29. The Morgan fingerprint density at radius 3 is 2.74 bits per heavy atom. The van der Waals surface area contributed by atoms with Crippen LogP contribution >= 0.6 is 0 Å². The fourth-order valence-corrected chi connectivity index (χ4v) is 2.77. The van der Waals surface area contributed by atoms with E-state index in [4.69, 9.17) is 0 Å². The maximum atomic E-state index is 11.7. The highest BCUT2D eigenvalue weighted by atomic mass is 32.2. The van der Waals surface area contributed by atoms with Crippen molar-refractivity contribution >= 4 is 10.0 Å². The maximum Gasteiger partial charge on any atom is 0.211 e. The SMILES string of the molecule is CCCNCCCS(=O)(=O)NCCc1ccn(C)n1. The zero-order chi connectivity index (χ0) is 14.1. The largest absolute Gasteiger partial charge is 0.317 e. The van der Waals surface area contributed by atoms with Crippen LogP contribution in [0.15, 0.2) is 12.3 Å². The molecule has 0 atom stereocenters. The number of hydrogen-bond donors (Lipinski definition) is 2. The van der Waals surface area contributed by atoms with Crippen LogP contribution in [0.25, 0.3) is 0 Å². The Balaban J connectivity index is 2.16. The van der Waals surface area contributed by atoms with E-state index in [1.165, 1.54) is 0 Å². The molecule has 0 aliphatic carbocycles. The van der Waals surface area contributed by atoms with Crippen LogP contribution < -0.4 is 10.0 Å². The number of nitrogens with one attached hydrogen (secondary N) is 2. The fraction of sp³-hybridized carbons (Fsp3) is 0.750. The molecule has 1 aromatic heterocycles. The molecule has 19 heavy (non-hydrogen) atoms. The third kappa shape index (κ3) is 7.29. The number of aromatic nitrogens is 2. The minimum atomic E-state index is -3.16. The molecule has 0 amide bonds. The van der Waals surface area contributed by atoms with Gasteiger partial charge in [-0.15, -0.1) is 0 Å². The third-order valence-corrected chi connectivity index (χ3v) is 4.14. The van der Waals surface area contributed by atoms with Gasteiger partial charge in [0, 0.05) is 26.2 Å². The normalized spacial score (nSPS) is 11.9. The highest BCUT2D eigenvalue weighted by molar-refractivity contribution is 7.89. The van der Waals surface area contributed by atoms with E-state index >= 15 is 0 Å². The Labute approximate surface area is 115 Å². The zero-order valence-corrected chi connectivity index (χ0v) is 12.5. The number of sulfonamides is 1. The lowest BCUT2D eigenvalue weighted by atomic mass is 10.3. The van der Waals surface area contributed by atoms with Gasteiger partial charge >= 0.3 is 0 Å². The van der Waals surface area contributed by atoms with Crippen LogP contribution in [0.2, 0.25) is 0 Å². The van der Waals surface area contributed by atoms with Gasteiger partial charge in [-0.2, -0.15) is 5.10 Å². The highest BCUT2D eigenvalue weighted by Crippen LogP contribution is 1.95. The summed E-state index contributed by atoms with van der Waals surface area (Å²) >= 11 is 0. The Bertz CT molecular complexity index is 456. The lowest BCUT2D eigenvalue weighted by Gasteiger charge is -2.06. The molecule has 1 rings (SSSR count). The predicted octanol–water partition coefficient (Wildman–Crippen LogP) is 0.272. The summed E-state index contributed by atoms with van der Waals surface area (Å²) in [7, 11) is -1.31. The van der Waals surface area contributed by atoms with Crippen LogP contribution in [-0.4, -0.2) is 43.6 Å². The second-order valence-corrected chi connectivity index (χ2v) is 6.47. The summed E-state index contributed by atoms with van der Waals surface area (Å²) in [4.78, 5) is 0. The van der Waals surface area contributed by atoms with Crippen molar-refractivity contribution in [1.82, 2.24) is 19.8 Å². The van der Waals surface area contributed by atoms with E-state index in [9.17, 15) is 8.42 Å². The summed E-state index contributed by atoms with van der Waals surface area (Å²) in [5.74, 6) is 0.173. The van der Waals surface area contributed by atoms with Crippen molar-refractivity contribution in [2.24, 2.45) is 7.05 Å². The average molecular weight is 288 g/mol. The number of nitrogens with zero attached hydrogens (tertiary/aromatic N) is 2. The smallest absolute Gasteiger partial charge is 0.211 e. The molecule has 0 spiro atoms. The van der Waals surface area contributed by atoms with Gasteiger partial charge in [-0.1, -0.05) is 6.92 Å². The molecule has 1 aromatic rings. The van der Waals surface area contributed by atoms with E-state index in [1.54, 1.807) is 4.68 Å². The first kappa shape index (κ1) is 16.1. The first-order valence-electron chi connectivity index (χ1n) is 6.70. The number of aryl methyl sites for hydroxylation is 1. The Morgan fingerprint density at radius 1 is 1.32 bits per heavy atom. The lowest BCUT2D eigenvalue weighted by Crippen LogP contribution is -2.30.